The standard InChI is InChI=1S/C11H16N2O/c14-11(9-1-5-12-6-2-9)10-3-7-13-8-4-10/h1-2,5-6,10-11,13-14H,3-4,7-8H2/t11-/m1/s1. The van der Waals surface area contributed by atoms with Gasteiger partial charge in [0.2, 0.25) is 0 Å². The number of aliphatic hydroxyl groups is 1. The van der Waals surface area contributed by atoms with Gasteiger partial charge in [0.1, 0.15) is 0 Å². The summed E-state index contributed by atoms with van der Waals surface area (Å²) < 4.78 is 0. The molecular weight excluding hydrogens is 176 g/mol. The lowest BCUT2D eigenvalue weighted by molar-refractivity contribution is 0.0888. The summed E-state index contributed by atoms with van der Waals surface area (Å²) in [6.45, 7) is 2.04. The first-order chi connectivity index (χ1) is 6.88. The fraction of sp³-hybridized carbons (Fsp3) is 0.545. The second-order valence-corrected chi connectivity index (χ2v) is 3.81. The lowest BCUT2D eigenvalue weighted by Gasteiger charge is -2.27. The minimum atomic E-state index is -0.319. The van der Waals surface area contributed by atoms with Crippen LogP contribution in [0, 0.1) is 5.92 Å². The SMILES string of the molecule is O[C@H](c1ccncc1)C1CCNCC1. The van der Waals surface area contributed by atoms with E-state index in [4.69, 9.17) is 0 Å². The normalized spacial score (nSPS) is 20.6. The molecule has 0 amide bonds. The van der Waals surface area contributed by atoms with E-state index in [2.05, 4.69) is 10.3 Å². The summed E-state index contributed by atoms with van der Waals surface area (Å²) >= 11 is 0. The molecule has 1 aliphatic heterocycles. The third-order valence-corrected chi connectivity index (χ3v) is 2.88. The Labute approximate surface area is 84.2 Å². The highest BCUT2D eigenvalue weighted by molar-refractivity contribution is 5.14. The Morgan fingerprint density at radius 2 is 1.93 bits per heavy atom. The van der Waals surface area contributed by atoms with Gasteiger partial charge in [-0.05, 0) is 49.5 Å². The molecule has 2 N–H and O–H groups in total. The average molecular weight is 192 g/mol. The molecule has 0 aromatic carbocycles. The summed E-state index contributed by atoms with van der Waals surface area (Å²) in [5, 5.41) is 13.4. The largest absolute Gasteiger partial charge is 0.388 e. The molecule has 1 saturated heterocycles. The highest BCUT2D eigenvalue weighted by Gasteiger charge is 2.22. The van der Waals surface area contributed by atoms with Gasteiger partial charge in [-0.1, -0.05) is 0 Å². The Bertz CT molecular complexity index is 270. The van der Waals surface area contributed by atoms with Crippen molar-refractivity contribution in [2.24, 2.45) is 5.92 Å². The van der Waals surface area contributed by atoms with Crippen LogP contribution in [0.5, 0.6) is 0 Å². The van der Waals surface area contributed by atoms with E-state index in [9.17, 15) is 5.11 Å². The molecule has 3 heteroatoms. The molecule has 3 nitrogen and oxygen atoms in total. The third-order valence-electron chi connectivity index (χ3n) is 2.88. The van der Waals surface area contributed by atoms with E-state index in [0.29, 0.717) is 5.92 Å². The van der Waals surface area contributed by atoms with Gasteiger partial charge in [0.15, 0.2) is 0 Å². The van der Waals surface area contributed by atoms with E-state index >= 15 is 0 Å². The molecule has 1 aliphatic rings. The summed E-state index contributed by atoms with van der Waals surface area (Å²) in [6.07, 6.45) is 5.27. The van der Waals surface area contributed by atoms with Crippen molar-refractivity contribution in [3.8, 4) is 0 Å². The molecule has 1 atom stereocenters. The minimum absolute atomic E-state index is 0.319. The molecule has 0 bridgehead atoms. The molecule has 1 aromatic heterocycles. The zero-order valence-electron chi connectivity index (χ0n) is 8.19. The fourth-order valence-corrected chi connectivity index (χ4v) is 1.99. The molecule has 0 unspecified atom stereocenters. The van der Waals surface area contributed by atoms with Crippen LogP contribution < -0.4 is 5.32 Å². The number of rotatable bonds is 2. The maximum absolute atomic E-state index is 10.1. The first kappa shape index (κ1) is 9.62. The van der Waals surface area contributed by atoms with Crippen LogP contribution in [0.25, 0.3) is 0 Å². The number of aliphatic hydroxyl groups excluding tert-OH is 1. The molecule has 1 aromatic rings. The first-order valence-electron chi connectivity index (χ1n) is 5.16. The van der Waals surface area contributed by atoms with E-state index in [-0.39, 0.29) is 6.10 Å². The van der Waals surface area contributed by atoms with Crippen molar-refractivity contribution in [3.63, 3.8) is 0 Å². The van der Waals surface area contributed by atoms with E-state index < -0.39 is 0 Å². The van der Waals surface area contributed by atoms with E-state index in [1.165, 1.54) is 0 Å². The van der Waals surface area contributed by atoms with Gasteiger partial charge in [0.25, 0.3) is 0 Å². The van der Waals surface area contributed by atoms with Crippen LogP contribution in [-0.4, -0.2) is 23.2 Å². The van der Waals surface area contributed by atoms with E-state index in [1.807, 2.05) is 12.1 Å². The van der Waals surface area contributed by atoms with Crippen molar-refractivity contribution in [3.05, 3.63) is 30.1 Å². The summed E-state index contributed by atoms with van der Waals surface area (Å²) in [5.41, 5.74) is 0.993. The zero-order chi connectivity index (χ0) is 9.80. The molecule has 2 heterocycles. The van der Waals surface area contributed by atoms with Crippen LogP contribution in [0.2, 0.25) is 0 Å². The van der Waals surface area contributed by atoms with Crippen LogP contribution in [0.3, 0.4) is 0 Å². The highest BCUT2D eigenvalue weighted by atomic mass is 16.3. The molecule has 2 rings (SSSR count). The van der Waals surface area contributed by atoms with Gasteiger partial charge in [0, 0.05) is 12.4 Å². The molecule has 0 saturated carbocycles. The van der Waals surface area contributed by atoms with Crippen molar-refractivity contribution in [1.29, 1.82) is 0 Å². The maximum atomic E-state index is 10.1. The number of pyridine rings is 1. The van der Waals surface area contributed by atoms with Gasteiger partial charge in [-0.15, -0.1) is 0 Å². The molecule has 0 radical (unpaired) electrons. The Morgan fingerprint density at radius 1 is 1.29 bits per heavy atom. The van der Waals surface area contributed by atoms with Crippen molar-refractivity contribution in [1.82, 2.24) is 10.3 Å². The van der Waals surface area contributed by atoms with Crippen molar-refractivity contribution < 1.29 is 5.11 Å². The van der Waals surface area contributed by atoms with Crippen LogP contribution in [-0.2, 0) is 0 Å². The van der Waals surface area contributed by atoms with E-state index in [0.717, 1.165) is 31.5 Å². The van der Waals surface area contributed by atoms with Crippen molar-refractivity contribution >= 4 is 0 Å². The number of aromatic nitrogens is 1. The Kier molecular flexibility index (Phi) is 3.11. The van der Waals surface area contributed by atoms with Gasteiger partial charge in [-0.2, -0.15) is 0 Å². The molecular formula is C11H16N2O. The maximum Gasteiger partial charge on any atom is 0.0820 e. The molecule has 0 aliphatic carbocycles. The predicted molar refractivity (Wildman–Crippen MR) is 54.8 cm³/mol. The molecule has 1 fully saturated rings. The van der Waals surface area contributed by atoms with Gasteiger partial charge < -0.3 is 10.4 Å². The average Bonchev–Trinajstić information content (AvgIpc) is 2.30. The summed E-state index contributed by atoms with van der Waals surface area (Å²) in [5.74, 6) is 0.402. The summed E-state index contributed by atoms with van der Waals surface area (Å²) in [4.78, 5) is 3.95. The summed E-state index contributed by atoms with van der Waals surface area (Å²) in [7, 11) is 0. The van der Waals surface area contributed by atoms with Crippen molar-refractivity contribution in [2.75, 3.05) is 13.1 Å². The number of piperidine rings is 1. The van der Waals surface area contributed by atoms with Gasteiger partial charge >= 0.3 is 0 Å². The minimum Gasteiger partial charge on any atom is -0.388 e. The second kappa shape index (κ2) is 4.53. The quantitative estimate of drug-likeness (QED) is 0.738. The van der Waals surface area contributed by atoms with Crippen LogP contribution in [0.1, 0.15) is 24.5 Å². The number of hydrogen-bond donors (Lipinski definition) is 2. The van der Waals surface area contributed by atoms with Gasteiger partial charge in [0.05, 0.1) is 6.10 Å². The van der Waals surface area contributed by atoms with Gasteiger partial charge in [-0.3, -0.25) is 4.98 Å². The van der Waals surface area contributed by atoms with Crippen molar-refractivity contribution in [2.45, 2.75) is 18.9 Å². The first-order valence-corrected chi connectivity index (χ1v) is 5.16. The predicted octanol–water partition coefficient (Wildman–Crippen LogP) is 1.11. The van der Waals surface area contributed by atoms with Crippen LogP contribution in [0.4, 0.5) is 0 Å². The topological polar surface area (TPSA) is 45.2 Å². The Balaban J connectivity index is 2.03. The highest BCUT2D eigenvalue weighted by Crippen LogP contribution is 2.27. The molecule has 14 heavy (non-hydrogen) atoms. The number of nitrogens with one attached hydrogen (secondary N) is 1. The molecule has 0 spiro atoms. The lowest BCUT2D eigenvalue weighted by atomic mass is 9.88. The van der Waals surface area contributed by atoms with Crippen LogP contribution >= 0.6 is 0 Å². The third kappa shape index (κ3) is 2.11. The number of nitrogens with zero attached hydrogens (tertiary/aromatic N) is 1. The second-order valence-electron chi connectivity index (χ2n) is 3.81. The Morgan fingerprint density at radius 3 is 2.57 bits per heavy atom. The smallest absolute Gasteiger partial charge is 0.0820 e. The van der Waals surface area contributed by atoms with Crippen LogP contribution in [0.15, 0.2) is 24.5 Å². The number of hydrogen-bond acceptors (Lipinski definition) is 3. The fourth-order valence-electron chi connectivity index (χ4n) is 1.99. The molecule has 76 valence electrons. The monoisotopic (exact) mass is 192 g/mol. The summed E-state index contributed by atoms with van der Waals surface area (Å²) in [6, 6.07) is 3.79. The zero-order valence-corrected chi connectivity index (χ0v) is 8.19. The van der Waals surface area contributed by atoms with Gasteiger partial charge in [-0.25, -0.2) is 0 Å². The Hall–Kier alpha value is -0.930. The lowest BCUT2D eigenvalue weighted by Crippen LogP contribution is -2.30. The van der Waals surface area contributed by atoms with E-state index in [1.54, 1.807) is 12.4 Å².